The molecular formula is C18H16N6O2. The van der Waals surface area contributed by atoms with Crippen LogP contribution in [0.15, 0.2) is 35.4 Å². The summed E-state index contributed by atoms with van der Waals surface area (Å²) < 4.78 is 0. The number of H-pyrrole nitrogens is 1. The maximum absolute atomic E-state index is 9.89. The van der Waals surface area contributed by atoms with Crippen molar-refractivity contribution in [3.05, 3.63) is 47.0 Å². The summed E-state index contributed by atoms with van der Waals surface area (Å²) in [5.74, 6) is 0.165. The van der Waals surface area contributed by atoms with E-state index in [1.165, 1.54) is 18.3 Å². The van der Waals surface area contributed by atoms with Gasteiger partial charge in [0.2, 0.25) is 0 Å². The number of aryl methyl sites for hydroxylation is 2. The van der Waals surface area contributed by atoms with Gasteiger partial charge in [-0.25, -0.2) is 5.43 Å². The first-order valence-electron chi connectivity index (χ1n) is 7.95. The lowest BCUT2D eigenvalue weighted by Crippen LogP contribution is -1.99. The molecule has 2 aromatic carbocycles. The standard InChI is InChI=1S/C18H16N6O2/c1-9-3-4-14-12(5-9)16-17(20-14)21-18(24-22-16)23-19-8-13-10(2)6-11(25)7-15(13)26/h3-8,25-26H,1-2H3,(H2,20,21,23,24). The molecule has 4 N–H and O–H groups in total. The summed E-state index contributed by atoms with van der Waals surface area (Å²) in [5.41, 5.74) is 7.27. The van der Waals surface area contributed by atoms with Gasteiger partial charge in [-0.3, -0.25) is 0 Å². The van der Waals surface area contributed by atoms with E-state index in [-0.39, 0.29) is 17.4 Å². The predicted molar refractivity (Wildman–Crippen MR) is 99.7 cm³/mol. The molecule has 0 unspecified atom stereocenters. The number of nitrogens with zero attached hydrogens (tertiary/aromatic N) is 4. The number of aromatic nitrogens is 4. The van der Waals surface area contributed by atoms with Gasteiger partial charge in [0.05, 0.1) is 6.21 Å². The van der Waals surface area contributed by atoms with Gasteiger partial charge in [0.25, 0.3) is 5.95 Å². The molecule has 0 aliphatic rings. The Morgan fingerprint density at radius 3 is 2.77 bits per heavy atom. The lowest BCUT2D eigenvalue weighted by atomic mass is 10.1. The zero-order valence-electron chi connectivity index (χ0n) is 14.1. The maximum atomic E-state index is 9.89. The topological polar surface area (TPSA) is 119 Å². The van der Waals surface area contributed by atoms with Crippen molar-refractivity contribution < 1.29 is 10.2 Å². The van der Waals surface area contributed by atoms with Crippen molar-refractivity contribution in [1.82, 2.24) is 20.2 Å². The van der Waals surface area contributed by atoms with Crippen molar-refractivity contribution in [2.75, 3.05) is 5.43 Å². The molecule has 0 saturated heterocycles. The summed E-state index contributed by atoms with van der Waals surface area (Å²) in [7, 11) is 0. The zero-order valence-corrected chi connectivity index (χ0v) is 14.1. The Balaban J connectivity index is 1.63. The Bertz CT molecular complexity index is 1140. The normalized spacial score (nSPS) is 11.6. The van der Waals surface area contributed by atoms with Crippen LogP contribution in [0.3, 0.4) is 0 Å². The largest absolute Gasteiger partial charge is 0.508 e. The minimum atomic E-state index is -0.0615. The van der Waals surface area contributed by atoms with Crippen LogP contribution < -0.4 is 5.43 Å². The minimum Gasteiger partial charge on any atom is -0.508 e. The summed E-state index contributed by atoms with van der Waals surface area (Å²) in [6, 6.07) is 8.82. The van der Waals surface area contributed by atoms with Crippen molar-refractivity contribution >= 4 is 34.2 Å². The summed E-state index contributed by atoms with van der Waals surface area (Å²) in [6.45, 7) is 3.78. The Hall–Kier alpha value is -3.68. The third-order valence-corrected chi connectivity index (χ3v) is 4.08. The molecule has 8 nitrogen and oxygen atoms in total. The Morgan fingerprint density at radius 1 is 1.12 bits per heavy atom. The van der Waals surface area contributed by atoms with Crippen LogP contribution in [0.1, 0.15) is 16.7 Å². The molecule has 0 radical (unpaired) electrons. The highest BCUT2D eigenvalue weighted by Crippen LogP contribution is 2.25. The molecule has 0 aliphatic heterocycles. The molecular weight excluding hydrogens is 332 g/mol. The third kappa shape index (κ3) is 2.77. The number of benzene rings is 2. The molecule has 0 saturated carbocycles. The van der Waals surface area contributed by atoms with Crippen LogP contribution in [-0.4, -0.2) is 36.6 Å². The quantitative estimate of drug-likeness (QED) is 0.334. The summed E-state index contributed by atoms with van der Waals surface area (Å²) in [6.07, 6.45) is 1.44. The molecule has 4 aromatic rings. The number of phenols is 2. The van der Waals surface area contributed by atoms with Gasteiger partial charge in [-0.05, 0) is 37.6 Å². The molecule has 130 valence electrons. The highest BCUT2D eigenvalue weighted by atomic mass is 16.3. The molecule has 0 fully saturated rings. The second-order valence-electron chi connectivity index (χ2n) is 6.07. The van der Waals surface area contributed by atoms with E-state index in [0.717, 1.165) is 16.5 Å². The molecule has 2 aromatic heterocycles. The Kier molecular flexibility index (Phi) is 3.65. The molecule has 0 bridgehead atoms. The molecule has 26 heavy (non-hydrogen) atoms. The number of hydrazone groups is 1. The van der Waals surface area contributed by atoms with Crippen LogP contribution in [0, 0.1) is 13.8 Å². The summed E-state index contributed by atoms with van der Waals surface area (Å²) >= 11 is 0. The molecule has 8 heteroatoms. The van der Waals surface area contributed by atoms with E-state index in [9.17, 15) is 10.2 Å². The van der Waals surface area contributed by atoms with Crippen LogP contribution in [0.5, 0.6) is 11.5 Å². The van der Waals surface area contributed by atoms with E-state index in [0.29, 0.717) is 22.3 Å². The number of fused-ring (bicyclic) bond motifs is 3. The van der Waals surface area contributed by atoms with Gasteiger partial charge in [0, 0.05) is 22.5 Å². The van der Waals surface area contributed by atoms with Crippen LogP contribution >= 0.6 is 0 Å². The summed E-state index contributed by atoms with van der Waals surface area (Å²) in [4.78, 5) is 7.58. The van der Waals surface area contributed by atoms with Gasteiger partial charge >= 0.3 is 0 Å². The minimum absolute atomic E-state index is 0.00265. The first-order chi connectivity index (χ1) is 12.5. The average Bonchev–Trinajstić information content (AvgIpc) is 2.94. The number of phenolic OH excluding ortho intramolecular Hbond substituents is 2. The Labute approximate surface area is 148 Å². The van der Waals surface area contributed by atoms with Crippen LogP contribution in [0.25, 0.3) is 22.1 Å². The van der Waals surface area contributed by atoms with E-state index in [2.05, 4.69) is 30.7 Å². The fourth-order valence-corrected chi connectivity index (χ4v) is 2.82. The van der Waals surface area contributed by atoms with Crippen LogP contribution in [-0.2, 0) is 0 Å². The van der Waals surface area contributed by atoms with Gasteiger partial charge in [-0.15, -0.1) is 10.2 Å². The number of hydrogen-bond acceptors (Lipinski definition) is 7. The van der Waals surface area contributed by atoms with Crippen molar-refractivity contribution in [3.63, 3.8) is 0 Å². The smallest absolute Gasteiger partial charge is 0.265 e. The summed E-state index contributed by atoms with van der Waals surface area (Å²) in [5, 5.41) is 32.6. The number of hydrogen-bond donors (Lipinski definition) is 4. The molecule has 2 heterocycles. The monoisotopic (exact) mass is 348 g/mol. The number of aromatic hydroxyl groups is 2. The SMILES string of the molecule is Cc1ccc2[nH]c3nc(NN=Cc4c(C)cc(O)cc4O)nnc3c2c1. The van der Waals surface area contributed by atoms with Crippen LogP contribution in [0.2, 0.25) is 0 Å². The molecule has 0 spiro atoms. The predicted octanol–water partition coefficient (Wildman–Crippen LogP) is 2.98. The second kappa shape index (κ2) is 5.99. The molecule has 0 aliphatic carbocycles. The highest BCUT2D eigenvalue weighted by molar-refractivity contribution is 6.03. The number of nitrogens with one attached hydrogen (secondary N) is 2. The maximum Gasteiger partial charge on any atom is 0.265 e. The molecule has 4 rings (SSSR count). The number of rotatable bonds is 3. The third-order valence-electron chi connectivity index (χ3n) is 4.08. The first kappa shape index (κ1) is 15.8. The van der Waals surface area contributed by atoms with Crippen molar-refractivity contribution in [2.45, 2.75) is 13.8 Å². The van der Waals surface area contributed by atoms with E-state index in [1.807, 2.05) is 25.1 Å². The van der Waals surface area contributed by atoms with Gasteiger partial charge < -0.3 is 15.2 Å². The first-order valence-corrected chi connectivity index (χ1v) is 7.95. The fraction of sp³-hybridized carbons (Fsp3) is 0.111. The number of anilines is 1. The highest BCUT2D eigenvalue weighted by Gasteiger charge is 2.09. The van der Waals surface area contributed by atoms with Crippen molar-refractivity contribution in [2.24, 2.45) is 5.10 Å². The Morgan fingerprint density at radius 2 is 1.96 bits per heavy atom. The lowest BCUT2D eigenvalue weighted by molar-refractivity contribution is 0.449. The van der Waals surface area contributed by atoms with E-state index < -0.39 is 0 Å². The zero-order chi connectivity index (χ0) is 18.3. The van der Waals surface area contributed by atoms with E-state index in [4.69, 9.17) is 0 Å². The molecule has 0 atom stereocenters. The second-order valence-corrected chi connectivity index (χ2v) is 6.07. The van der Waals surface area contributed by atoms with Crippen molar-refractivity contribution in [3.8, 4) is 11.5 Å². The van der Waals surface area contributed by atoms with Gasteiger partial charge in [0.15, 0.2) is 5.65 Å². The van der Waals surface area contributed by atoms with Gasteiger partial charge in [-0.1, -0.05) is 11.6 Å². The van der Waals surface area contributed by atoms with Gasteiger partial charge in [0.1, 0.15) is 17.0 Å². The van der Waals surface area contributed by atoms with Crippen LogP contribution in [0.4, 0.5) is 5.95 Å². The van der Waals surface area contributed by atoms with E-state index >= 15 is 0 Å². The molecule has 0 amide bonds. The van der Waals surface area contributed by atoms with Gasteiger partial charge in [-0.2, -0.15) is 10.1 Å². The fourth-order valence-electron chi connectivity index (χ4n) is 2.82. The van der Waals surface area contributed by atoms with E-state index in [1.54, 1.807) is 6.92 Å². The number of aromatic amines is 1. The average molecular weight is 348 g/mol. The lowest BCUT2D eigenvalue weighted by Gasteiger charge is -2.04. The van der Waals surface area contributed by atoms with Crippen molar-refractivity contribution in [1.29, 1.82) is 0 Å².